The Bertz CT molecular complexity index is 1020. The van der Waals surface area contributed by atoms with Crippen molar-refractivity contribution in [2.45, 2.75) is 20.8 Å². The number of carbonyl (C=O) groups excluding carboxylic acids is 2. The molecule has 2 aromatic rings. The minimum atomic E-state index is -0.601. The van der Waals surface area contributed by atoms with Crippen LogP contribution in [-0.2, 0) is 9.53 Å². The molecule has 1 fully saturated rings. The summed E-state index contributed by atoms with van der Waals surface area (Å²) in [6, 6.07) is 3.26. The van der Waals surface area contributed by atoms with Gasteiger partial charge in [-0.15, -0.1) is 10.2 Å². The fourth-order valence-corrected chi connectivity index (χ4v) is 4.41. The Morgan fingerprint density at radius 2 is 1.97 bits per heavy atom. The molecule has 1 aliphatic rings. The van der Waals surface area contributed by atoms with Gasteiger partial charge in [0.1, 0.15) is 11.4 Å². The maximum absolute atomic E-state index is 12.3. The van der Waals surface area contributed by atoms with E-state index in [1.165, 1.54) is 0 Å². The molecule has 1 amide bonds. The van der Waals surface area contributed by atoms with Gasteiger partial charge < -0.3 is 19.9 Å². The van der Waals surface area contributed by atoms with Crippen LogP contribution in [0.4, 0.5) is 22.2 Å². The molecule has 2 heterocycles. The highest BCUT2D eigenvalue weighted by atomic mass is 79.9. The lowest BCUT2D eigenvalue weighted by atomic mass is 10.1. The fraction of sp³-hybridized carbons (Fsp3) is 0.474. The maximum Gasteiger partial charge on any atom is 0.369 e. The van der Waals surface area contributed by atoms with Crippen LogP contribution in [-0.4, -0.2) is 64.7 Å². The molecule has 0 aliphatic carbocycles. The predicted molar refractivity (Wildman–Crippen MR) is 124 cm³/mol. The van der Waals surface area contributed by atoms with Crippen LogP contribution in [0.5, 0.6) is 0 Å². The fourth-order valence-electron chi connectivity index (χ4n) is 3.31. The Kier molecular flexibility index (Phi) is 7.61. The van der Waals surface area contributed by atoms with Gasteiger partial charge in [-0.25, -0.2) is 4.79 Å². The second-order valence-electron chi connectivity index (χ2n) is 7.30. The number of nitrogens with zero attached hydrogens (tertiary/aromatic N) is 5. The lowest BCUT2D eigenvalue weighted by molar-refractivity contribution is -0.383. The van der Waals surface area contributed by atoms with Gasteiger partial charge in [-0.1, -0.05) is 41.1 Å². The summed E-state index contributed by atoms with van der Waals surface area (Å²) in [5.74, 6) is -0.621. The number of halogens is 1. The molecule has 172 valence electrons. The molecule has 0 radical (unpaired) electrons. The Labute approximate surface area is 197 Å². The number of benzene rings is 1. The number of carbonyl (C=O) groups is 2. The minimum absolute atomic E-state index is 0.0539. The van der Waals surface area contributed by atoms with Gasteiger partial charge in [0.15, 0.2) is 0 Å². The molecule has 1 aromatic carbocycles. The number of nitro benzene ring substituents is 1. The molecule has 0 spiro atoms. The van der Waals surface area contributed by atoms with E-state index in [0.29, 0.717) is 36.3 Å². The summed E-state index contributed by atoms with van der Waals surface area (Å²) in [6.07, 6.45) is 0. The zero-order chi connectivity index (χ0) is 23.4. The van der Waals surface area contributed by atoms with Crippen molar-refractivity contribution in [3.8, 4) is 0 Å². The Hall–Kier alpha value is -2.80. The number of rotatable bonds is 7. The Morgan fingerprint density at radius 3 is 2.56 bits per heavy atom. The molecule has 3 rings (SSSR count). The summed E-state index contributed by atoms with van der Waals surface area (Å²) in [7, 11) is 0. The first-order valence-corrected chi connectivity index (χ1v) is 11.6. The van der Waals surface area contributed by atoms with Crippen molar-refractivity contribution in [2.24, 2.45) is 5.92 Å². The second-order valence-corrected chi connectivity index (χ2v) is 9.20. The van der Waals surface area contributed by atoms with Crippen LogP contribution < -0.4 is 10.2 Å². The van der Waals surface area contributed by atoms with Crippen LogP contribution in [0.1, 0.15) is 30.6 Å². The quantitative estimate of drug-likeness (QED) is 0.327. The minimum Gasteiger partial charge on any atom is -0.461 e. The van der Waals surface area contributed by atoms with E-state index in [2.05, 4.69) is 31.4 Å². The van der Waals surface area contributed by atoms with Crippen molar-refractivity contribution in [2.75, 3.05) is 43.0 Å². The molecule has 1 saturated heterocycles. The number of nitrogens with one attached hydrogen (secondary N) is 1. The molecule has 13 heteroatoms. The second kappa shape index (κ2) is 10.2. The molecular weight excluding hydrogens is 504 g/mol. The molecule has 0 bridgehead atoms. The molecule has 1 aromatic heterocycles. The predicted octanol–water partition coefficient (Wildman–Crippen LogP) is 3.43. The summed E-state index contributed by atoms with van der Waals surface area (Å²) in [5, 5.41) is 22.9. The zero-order valence-corrected chi connectivity index (χ0v) is 20.2. The van der Waals surface area contributed by atoms with Gasteiger partial charge in [-0.2, -0.15) is 0 Å². The first-order valence-electron chi connectivity index (χ1n) is 10.0. The zero-order valence-electron chi connectivity index (χ0n) is 17.8. The van der Waals surface area contributed by atoms with Gasteiger partial charge in [0.05, 0.1) is 11.5 Å². The summed E-state index contributed by atoms with van der Waals surface area (Å²) < 4.78 is 5.54. The summed E-state index contributed by atoms with van der Waals surface area (Å²) in [4.78, 5) is 39.3. The number of hydrogen-bond donors (Lipinski definition) is 1. The molecule has 1 N–H and O–H groups in total. The van der Waals surface area contributed by atoms with E-state index in [0.717, 1.165) is 11.3 Å². The van der Waals surface area contributed by atoms with Crippen LogP contribution >= 0.6 is 27.3 Å². The van der Waals surface area contributed by atoms with E-state index in [1.54, 1.807) is 24.0 Å². The van der Waals surface area contributed by atoms with Gasteiger partial charge >= 0.3 is 11.7 Å². The highest BCUT2D eigenvalue weighted by Gasteiger charge is 2.30. The highest BCUT2D eigenvalue weighted by molar-refractivity contribution is 9.10. The molecular formula is C19H23BrN6O5S. The number of hydrogen-bond acceptors (Lipinski definition) is 10. The third kappa shape index (κ3) is 5.33. The lowest BCUT2D eigenvalue weighted by Crippen LogP contribution is -2.50. The highest BCUT2D eigenvalue weighted by Crippen LogP contribution is 2.40. The molecule has 0 atom stereocenters. The number of aromatic nitrogens is 2. The van der Waals surface area contributed by atoms with Gasteiger partial charge in [-0.05, 0) is 19.1 Å². The first kappa shape index (κ1) is 23.9. The number of amides is 1. The summed E-state index contributed by atoms with van der Waals surface area (Å²) in [6.45, 7) is 7.52. The standard InChI is InChI=1S/C19H23BrN6O5S/c1-4-31-18(28)16-22-23-19(32-16)21-13-9-12(20)10-14(15(13)26(29)30)24-5-7-25(8-6-24)17(27)11(2)3/h9-11H,4-8H2,1-3H3,(H,21,23). The van der Waals surface area contributed by atoms with Gasteiger partial charge in [-0.3, -0.25) is 14.9 Å². The number of esters is 1. The van der Waals surface area contributed by atoms with E-state index in [9.17, 15) is 19.7 Å². The van der Waals surface area contributed by atoms with Crippen molar-refractivity contribution in [1.29, 1.82) is 0 Å². The molecule has 32 heavy (non-hydrogen) atoms. The van der Waals surface area contributed by atoms with Gasteiger partial charge in [0, 0.05) is 36.6 Å². The van der Waals surface area contributed by atoms with Crippen LogP contribution in [0.3, 0.4) is 0 Å². The Morgan fingerprint density at radius 1 is 1.28 bits per heavy atom. The third-order valence-corrected chi connectivity index (χ3v) is 6.06. The number of piperazine rings is 1. The third-order valence-electron chi connectivity index (χ3n) is 4.78. The number of ether oxygens (including phenoxy) is 1. The smallest absolute Gasteiger partial charge is 0.369 e. The van der Waals surface area contributed by atoms with Crippen molar-refractivity contribution < 1.29 is 19.2 Å². The van der Waals surface area contributed by atoms with Crippen LogP contribution in [0.15, 0.2) is 16.6 Å². The normalized spacial score (nSPS) is 13.9. The summed E-state index contributed by atoms with van der Waals surface area (Å²) in [5.41, 5.74) is 0.523. The molecule has 0 saturated carbocycles. The largest absolute Gasteiger partial charge is 0.461 e. The lowest BCUT2D eigenvalue weighted by Gasteiger charge is -2.36. The van der Waals surface area contributed by atoms with Crippen molar-refractivity contribution in [3.63, 3.8) is 0 Å². The first-order chi connectivity index (χ1) is 15.2. The monoisotopic (exact) mass is 526 g/mol. The SMILES string of the molecule is CCOC(=O)c1nnc(Nc2cc(Br)cc(N3CCN(C(=O)C(C)C)CC3)c2[N+](=O)[O-])s1. The molecule has 0 unspecified atom stereocenters. The van der Waals surface area contributed by atoms with Crippen molar-refractivity contribution >= 4 is 61.3 Å². The number of anilines is 3. The van der Waals surface area contributed by atoms with Gasteiger partial charge in [0.2, 0.25) is 16.0 Å². The Balaban J connectivity index is 1.86. The topological polar surface area (TPSA) is 131 Å². The van der Waals surface area contributed by atoms with Gasteiger partial charge in [0.25, 0.3) is 0 Å². The molecule has 11 nitrogen and oxygen atoms in total. The average Bonchev–Trinajstić information content (AvgIpc) is 3.21. The van der Waals surface area contributed by atoms with E-state index < -0.39 is 10.9 Å². The van der Waals surface area contributed by atoms with E-state index in [4.69, 9.17) is 4.74 Å². The van der Waals surface area contributed by atoms with E-state index >= 15 is 0 Å². The van der Waals surface area contributed by atoms with Crippen LogP contribution in [0.25, 0.3) is 0 Å². The van der Waals surface area contributed by atoms with E-state index in [-0.39, 0.29) is 39.9 Å². The van der Waals surface area contributed by atoms with Crippen molar-refractivity contribution in [1.82, 2.24) is 15.1 Å². The average molecular weight is 527 g/mol. The van der Waals surface area contributed by atoms with Crippen molar-refractivity contribution in [3.05, 3.63) is 31.7 Å². The molecule has 1 aliphatic heterocycles. The number of nitro groups is 1. The summed E-state index contributed by atoms with van der Waals surface area (Å²) >= 11 is 4.36. The maximum atomic E-state index is 12.3. The van der Waals surface area contributed by atoms with Crippen LogP contribution in [0.2, 0.25) is 0 Å². The van der Waals surface area contributed by atoms with E-state index in [1.807, 2.05) is 18.7 Å². The van der Waals surface area contributed by atoms with Crippen LogP contribution in [0, 0.1) is 16.0 Å².